The van der Waals surface area contributed by atoms with Crippen molar-refractivity contribution >= 4 is 0 Å². The zero-order valence-electron chi connectivity index (χ0n) is 11.5. The zero-order valence-corrected chi connectivity index (χ0v) is 11.5. The minimum atomic E-state index is 0.592. The van der Waals surface area contributed by atoms with Crippen LogP contribution >= 0.6 is 0 Å². The van der Waals surface area contributed by atoms with Gasteiger partial charge in [0.1, 0.15) is 0 Å². The fourth-order valence-electron chi connectivity index (χ4n) is 2.61. The van der Waals surface area contributed by atoms with E-state index >= 15 is 0 Å². The summed E-state index contributed by atoms with van der Waals surface area (Å²) in [6.45, 7) is 3.28. The van der Waals surface area contributed by atoms with E-state index in [1.165, 1.54) is 43.2 Å². The van der Waals surface area contributed by atoms with Crippen molar-refractivity contribution < 1.29 is 0 Å². The van der Waals surface area contributed by atoms with Gasteiger partial charge in [0.05, 0.1) is 0 Å². The van der Waals surface area contributed by atoms with Gasteiger partial charge < -0.3 is 5.32 Å². The summed E-state index contributed by atoms with van der Waals surface area (Å²) in [7, 11) is 0. The Morgan fingerprint density at radius 2 is 2.06 bits per heavy atom. The van der Waals surface area contributed by atoms with Crippen molar-refractivity contribution in [3.63, 3.8) is 0 Å². The molecule has 1 N–H and O–H groups in total. The van der Waals surface area contributed by atoms with Gasteiger partial charge in [-0.25, -0.2) is 0 Å². The second kappa shape index (κ2) is 7.38. The molecule has 1 aromatic rings. The van der Waals surface area contributed by atoms with E-state index in [1.807, 2.05) is 0 Å². The van der Waals surface area contributed by atoms with Gasteiger partial charge in [-0.2, -0.15) is 0 Å². The summed E-state index contributed by atoms with van der Waals surface area (Å²) in [5, 5.41) is 3.68. The second-order valence-corrected chi connectivity index (χ2v) is 5.30. The first-order valence-corrected chi connectivity index (χ1v) is 7.31. The van der Waals surface area contributed by atoms with E-state index < -0.39 is 0 Å². The third-order valence-electron chi connectivity index (χ3n) is 3.82. The molecule has 0 heterocycles. The summed E-state index contributed by atoms with van der Waals surface area (Å²) >= 11 is 0. The second-order valence-electron chi connectivity index (χ2n) is 5.30. The summed E-state index contributed by atoms with van der Waals surface area (Å²) in [5.74, 6) is 0. The van der Waals surface area contributed by atoms with Gasteiger partial charge in [-0.05, 0) is 50.3 Å². The standard InChI is InChI=1S/C17H25N/c1-15-9-7-8-10-16(15)13-14-18-17-11-5-3-2-4-6-12-17/h5,7-11,17-18H,2-4,6,12-14H2,1H3/b11-5+. The Labute approximate surface area is 111 Å². The highest BCUT2D eigenvalue weighted by Gasteiger charge is 2.06. The highest BCUT2D eigenvalue weighted by molar-refractivity contribution is 5.25. The molecule has 1 heteroatoms. The van der Waals surface area contributed by atoms with Crippen molar-refractivity contribution in [2.45, 2.75) is 51.5 Å². The lowest BCUT2D eigenvalue weighted by atomic mass is 10.0. The highest BCUT2D eigenvalue weighted by Crippen LogP contribution is 2.12. The Morgan fingerprint density at radius 3 is 2.94 bits per heavy atom. The van der Waals surface area contributed by atoms with Crippen molar-refractivity contribution in [3.05, 3.63) is 47.5 Å². The number of hydrogen-bond acceptors (Lipinski definition) is 1. The Morgan fingerprint density at radius 1 is 1.17 bits per heavy atom. The van der Waals surface area contributed by atoms with Gasteiger partial charge in [-0.3, -0.25) is 0 Å². The average molecular weight is 243 g/mol. The molecule has 2 rings (SSSR count). The van der Waals surface area contributed by atoms with Gasteiger partial charge in [-0.1, -0.05) is 49.3 Å². The molecule has 0 aliphatic heterocycles. The van der Waals surface area contributed by atoms with Crippen LogP contribution in [0.1, 0.15) is 43.2 Å². The van der Waals surface area contributed by atoms with E-state index in [-0.39, 0.29) is 0 Å². The van der Waals surface area contributed by atoms with Crippen LogP contribution in [0.4, 0.5) is 0 Å². The van der Waals surface area contributed by atoms with Crippen LogP contribution in [0.5, 0.6) is 0 Å². The molecule has 1 aliphatic rings. The fraction of sp³-hybridized carbons (Fsp3) is 0.529. The van der Waals surface area contributed by atoms with Crippen LogP contribution in [0.15, 0.2) is 36.4 Å². The first kappa shape index (κ1) is 13.4. The van der Waals surface area contributed by atoms with Crippen LogP contribution in [0, 0.1) is 6.92 Å². The van der Waals surface area contributed by atoms with Crippen molar-refractivity contribution in [2.24, 2.45) is 0 Å². The zero-order chi connectivity index (χ0) is 12.6. The number of hydrogen-bond donors (Lipinski definition) is 1. The van der Waals surface area contributed by atoms with Crippen LogP contribution in [0.3, 0.4) is 0 Å². The van der Waals surface area contributed by atoms with E-state index in [4.69, 9.17) is 0 Å². The van der Waals surface area contributed by atoms with Gasteiger partial charge >= 0.3 is 0 Å². The number of rotatable bonds is 4. The van der Waals surface area contributed by atoms with Crippen LogP contribution in [-0.2, 0) is 6.42 Å². The summed E-state index contributed by atoms with van der Waals surface area (Å²) in [4.78, 5) is 0. The van der Waals surface area contributed by atoms with Crippen molar-refractivity contribution in [1.29, 1.82) is 0 Å². The molecule has 1 aromatic carbocycles. The Kier molecular flexibility index (Phi) is 5.47. The molecule has 18 heavy (non-hydrogen) atoms. The van der Waals surface area contributed by atoms with Gasteiger partial charge in [0.25, 0.3) is 0 Å². The van der Waals surface area contributed by atoms with Crippen LogP contribution < -0.4 is 5.32 Å². The number of aryl methyl sites for hydroxylation is 1. The first-order chi connectivity index (χ1) is 8.86. The topological polar surface area (TPSA) is 12.0 Å². The summed E-state index contributed by atoms with van der Waals surface area (Å²) in [5.41, 5.74) is 2.88. The maximum absolute atomic E-state index is 3.68. The molecule has 0 fully saturated rings. The highest BCUT2D eigenvalue weighted by atomic mass is 14.9. The maximum atomic E-state index is 3.68. The van der Waals surface area contributed by atoms with Crippen LogP contribution in [0.25, 0.3) is 0 Å². The molecule has 0 spiro atoms. The van der Waals surface area contributed by atoms with Gasteiger partial charge in [0, 0.05) is 6.04 Å². The third-order valence-corrected chi connectivity index (χ3v) is 3.82. The molecular weight excluding hydrogens is 218 g/mol. The summed E-state index contributed by atoms with van der Waals surface area (Å²) in [6, 6.07) is 9.28. The molecule has 0 saturated carbocycles. The van der Waals surface area contributed by atoms with E-state index in [2.05, 4.69) is 48.7 Å². The predicted octanol–water partition coefficient (Wildman–Crippen LogP) is 4.02. The molecule has 0 amide bonds. The smallest absolute Gasteiger partial charge is 0.0250 e. The van der Waals surface area contributed by atoms with E-state index in [0.717, 1.165) is 13.0 Å². The molecule has 0 saturated heterocycles. The Bertz CT molecular complexity index is 381. The van der Waals surface area contributed by atoms with Crippen molar-refractivity contribution in [3.8, 4) is 0 Å². The largest absolute Gasteiger partial charge is 0.310 e. The molecule has 1 atom stereocenters. The van der Waals surface area contributed by atoms with Gasteiger partial charge in [0.2, 0.25) is 0 Å². The van der Waals surface area contributed by atoms with Gasteiger partial charge in [-0.15, -0.1) is 0 Å². The van der Waals surface area contributed by atoms with Gasteiger partial charge in [0.15, 0.2) is 0 Å². The molecule has 1 unspecified atom stereocenters. The normalized spacial score (nSPS) is 22.2. The lowest BCUT2D eigenvalue weighted by Crippen LogP contribution is -2.29. The van der Waals surface area contributed by atoms with E-state index in [0.29, 0.717) is 6.04 Å². The molecule has 1 aliphatic carbocycles. The quantitative estimate of drug-likeness (QED) is 0.788. The minimum Gasteiger partial charge on any atom is -0.310 e. The fourth-order valence-corrected chi connectivity index (χ4v) is 2.61. The molecule has 0 aromatic heterocycles. The van der Waals surface area contributed by atoms with Crippen LogP contribution in [-0.4, -0.2) is 12.6 Å². The Hall–Kier alpha value is -1.08. The number of nitrogens with one attached hydrogen (secondary N) is 1. The molecule has 1 nitrogen and oxygen atoms in total. The summed E-state index contributed by atoms with van der Waals surface area (Å²) in [6.07, 6.45) is 12.5. The molecular formula is C17H25N. The van der Waals surface area contributed by atoms with Crippen molar-refractivity contribution in [1.82, 2.24) is 5.32 Å². The molecule has 98 valence electrons. The van der Waals surface area contributed by atoms with E-state index in [1.54, 1.807) is 0 Å². The monoisotopic (exact) mass is 243 g/mol. The minimum absolute atomic E-state index is 0.592. The lowest BCUT2D eigenvalue weighted by Gasteiger charge is -2.17. The molecule has 0 radical (unpaired) electrons. The maximum Gasteiger partial charge on any atom is 0.0250 e. The summed E-state index contributed by atoms with van der Waals surface area (Å²) < 4.78 is 0. The van der Waals surface area contributed by atoms with Crippen molar-refractivity contribution in [2.75, 3.05) is 6.54 Å². The number of benzene rings is 1. The van der Waals surface area contributed by atoms with E-state index in [9.17, 15) is 0 Å². The SMILES string of the molecule is Cc1ccccc1CCNC1/C=C/CCCCC1. The lowest BCUT2D eigenvalue weighted by molar-refractivity contribution is 0.511. The average Bonchev–Trinajstić information content (AvgIpc) is 2.34. The number of allylic oxidation sites excluding steroid dienone is 1. The van der Waals surface area contributed by atoms with Crippen LogP contribution in [0.2, 0.25) is 0 Å². The first-order valence-electron chi connectivity index (χ1n) is 7.31. The third kappa shape index (κ3) is 4.30. The predicted molar refractivity (Wildman–Crippen MR) is 78.9 cm³/mol. The molecule has 0 bridgehead atoms. The Balaban J connectivity index is 1.77.